The Hall–Kier alpha value is -2.63. The van der Waals surface area contributed by atoms with Crippen LogP contribution in [-0.2, 0) is 11.3 Å². The molecular weight excluding hydrogens is 300 g/mol. The van der Waals surface area contributed by atoms with Crippen LogP contribution in [0.25, 0.3) is 0 Å². The minimum atomic E-state index is -0.600. The molecular formula is C17H17F2N3O. The lowest BCUT2D eigenvalue weighted by Gasteiger charge is -2.27. The quantitative estimate of drug-likeness (QED) is 0.922. The van der Waals surface area contributed by atoms with Gasteiger partial charge in [-0.15, -0.1) is 0 Å². The Bertz CT molecular complexity index is 706. The number of amidine groups is 1. The van der Waals surface area contributed by atoms with Gasteiger partial charge in [-0.05, 0) is 17.7 Å². The Labute approximate surface area is 133 Å². The fourth-order valence-corrected chi connectivity index (χ4v) is 2.57. The van der Waals surface area contributed by atoms with E-state index in [2.05, 4.69) is 4.99 Å². The summed E-state index contributed by atoms with van der Waals surface area (Å²) in [6, 6.07) is 13.2. The third kappa shape index (κ3) is 3.77. The van der Waals surface area contributed by atoms with Crippen molar-refractivity contribution in [1.82, 2.24) is 0 Å². The SMILES string of the molecule is NC1=NC(CN(Cc2ccccc2)c2ccc(F)cc2F)CO1. The second kappa shape index (κ2) is 6.64. The number of benzene rings is 2. The van der Waals surface area contributed by atoms with Crippen LogP contribution < -0.4 is 10.6 Å². The molecule has 1 aliphatic heterocycles. The Balaban J connectivity index is 1.86. The van der Waals surface area contributed by atoms with E-state index in [0.717, 1.165) is 11.6 Å². The summed E-state index contributed by atoms with van der Waals surface area (Å²) in [6.07, 6.45) is 0. The molecule has 2 aromatic rings. The number of anilines is 1. The van der Waals surface area contributed by atoms with Crippen LogP contribution in [0, 0.1) is 11.6 Å². The van der Waals surface area contributed by atoms with Crippen LogP contribution in [0.5, 0.6) is 0 Å². The summed E-state index contributed by atoms with van der Waals surface area (Å²) >= 11 is 0. The van der Waals surface area contributed by atoms with Crippen LogP contribution >= 0.6 is 0 Å². The van der Waals surface area contributed by atoms with E-state index in [1.807, 2.05) is 35.2 Å². The predicted molar refractivity (Wildman–Crippen MR) is 85.2 cm³/mol. The van der Waals surface area contributed by atoms with E-state index < -0.39 is 11.6 Å². The highest BCUT2D eigenvalue weighted by Crippen LogP contribution is 2.23. The summed E-state index contributed by atoms with van der Waals surface area (Å²) in [6.45, 7) is 1.27. The Morgan fingerprint density at radius 2 is 1.96 bits per heavy atom. The van der Waals surface area contributed by atoms with Crippen molar-refractivity contribution >= 4 is 11.7 Å². The summed E-state index contributed by atoms with van der Waals surface area (Å²) < 4.78 is 32.5. The molecule has 120 valence electrons. The largest absolute Gasteiger partial charge is 0.463 e. The first-order valence-corrected chi connectivity index (χ1v) is 7.32. The molecule has 0 radical (unpaired) electrons. The van der Waals surface area contributed by atoms with Crippen LogP contribution in [0.3, 0.4) is 0 Å². The van der Waals surface area contributed by atoms with E-state index in [0.29, 0.717) is 25.4 Å². The average Bonchev–Trinajstić information content (AvgIpc) is 2.93. The Kier molecular flexibility index (Phi) is 4.41. The maximum Gasteiger partial charge on any atom is 0.282 e. The summed E-state index contributed by atoms with van der Waals surface area (Å²) in [5.41, 5.74) is 6.88. The van der Waals surface area contributed by atoms with E-state index in [1.54, 1.807) is 0 Å². The summed E-state index contributed by atoms with van der Waals surface area (Å²) in [7, 11) is 0. The zero-order valence-electron chi connectivity index (χ0n) is 12.5. The van der Waals surface area contributed by atoms with Gasteiger partial charge in [0.1, 0.15) is 24.3 Å². The first kappa shape index (κ1) is 15.3. The first-order valence-electron chi connectivity index (χ1n) is 7.32. The lowest BCUT2D eigenvalue weighted by atomic mass is 10.1. The fraction of sp³-hybridized carbons (Fsp3) is 0.235. The lowest BCUT2D eigenvalue weighted by molar-refractivity contribution is 0.313. The minimum absolute atomic E-state index is 0.147. The van der Waals surface area contributed by atoms with E-state index in [-0.39, 0.29) is 12.1 Å². The molecule has 2 aromatic carbocycles. The number of halogens is 2. The van der Waals surface area contributed by atoms with Crippen molar-refractivity contribution in [2.24, 2.45) is 10.7 Å². The van der Waals surface area contributed by atoms with E-state index in [4.69, 9.17) is 10.5 Å². The molecule has 6 heteroatoms. The molecule has 0 fully saturated rings. The molecule has 1 heterocycles. The van der Waals surface area contributed by atoms with Crippen LogP contribution in [-0.4, -0.2) is 25.2 Å². The van der Waals surface area contributed by atoms with Crippen molar-refractivity contribution < 1.29 is 13.5 Å². The van der Waals surface area contributed by atoms with Crippen molar-refractivity contribution in [3.8, 4) is 0 Å². The molecule has 23 heavy (non-hydrogen) atoms. The van der Waals surface area contributed by atoms with Gasteiger partial charge in [0.25, 0.3) is 6.02 Å². The van der Waals surface area contributed by atoms with E-state index in [9.17, 15) is 8.78 Å². The summed E-state index contributed by atoms with van der Waals surface area (Å²) in [5.74, 6) is -1.20. The summed E-state index contributed by atoms with van der Waals surface area (Å²) in [4.78, 5) is 6.00. The number of aliphatic imine (C=N–C) groups is 1. The van der Waals surface area contributed by atoms with Gasteiger partial charge in [0.05, 0.1) is 5.69 Å². The molecule has 1 aliphatic rings. The van der Waals surface area contributed by atoms with Gasteiger partial charge in [-0.3, -0.25) is 0 Å². The third-order valence-corrected chi connectivity index (χ3v) is 3.63. The van der Waals surface area contributed by atoms with Gasteiger partial charge < -0.3 is 15.4 Å². The number of hydrogen-bond acceptors (Lipinski definition) is 4. The van der Waals surface area contributed by atoms with Crippen molar-refractivity contribution in [2.45, 2.75) is 12.6 Å². The van der Waals surface area contributed by atoms with E-state index in [1.165, 1.54) is 12.1 Å². The molecule has 0 bridgehead atoms. The zero-order valence-corrected chi connectivity index (χ0v) is 12.5. The zero-order chi connectivity index (χ0) is 16.2. The minimum Gasteiger partial charge on any atom is -0.463 e. The molecule has 0 spiro atoms. The number of ether oxygens (including phenoxy) is 1. The van der Waals surface area contributed by atoms with Gasteiger partial charge >= 0.3 is 0 Å². The van der Waals surface area contributed by atoms with Crippen LogP contribution in [0.15, 0.2) is 53.5 Å². The smallest absolute Gasteiger partial charge is 0.282 e. The normalized spacial score (nSPS) is 16.8. The highest BCUT2D eigenvalue weighted by Gasteiger charge is 2.22. The predicted octanol–water partition coefficient (Wildman–Crippen LogP) is 2.68. The highest BCUT2D eigenvalue weighted by atomic mass is 19.1. The van der Waals surface area contributed by atoms with Crippen LogP contribution in [0.2, 0.25) is 0 Å². The number of nitrogens with zero attached hydrogens (tertiary/aromatic N) is 2. The second-order valence-corrected chi connectivity index (χ2v) is 5.39. The second-order valence-electron chi connectivity index (χ2n) is 5.39. The molecule has 2 N–H and O–H groups in total. The highest BCUT2D eigenvalue weighted by molar-refractivity contribution is 5.73. The fourth-order valence-electron chi connectivity index (χ4n) is 2.57. The van der Waals surface area contributed by atoms with Gasteiger partial charge in [-0.25, -0.2) is 13.8 Å². The Morgan fingerprint density at radius 3 is 2.61 bits per heavy atom. The van der Waals surface area contributed by atoms with Crippen LogP contribution in [0.4, 0.5) is 14.5 Å². The van der Waals surface area contributed by atoms with E-state index >= 15 is 0 Å². The molecule has 0 amide bonds. The molecule has 0 saturated carbocycles. The van der Waals surface area contributed by atoms with Gasteiger partial charge in [0, 0.05) is 19.2 Å². The molecule has 0 aromatic heterocycles. The number of nitrogens with two attached hydrogens (primary N) is 1. The van der Waals surface area contributed by atoms with Crippen molar-refractivity contribution in [1.29, 1.82) is 0 Å². The standard InChI is InChI=1S/C17H17F2N3O/c18-13-6-7-16(15(19)8-13)22(9-12-4-2-1-3-5-12)10-14-11-23-17(20)21-14/h1-8,14H,9-11H2,(H2,20,21). The maximum absolute atomic E-state index is 14.2. The number of rotatable bonds is 5. The molecule has 4 nitrogen and oxygen atoms in total. The van der Waals surface area contributed by atoms with Gasteiger partial charge in [-0.2, -0.15) is 0 Å². The monoisotopic (exact) mass is 317 g/mol. The van der Waals surface area contributed by atoms with Crippen molar-refractivity contribution in [2.75, 3.05) is 18.1 Å². The van der Waals surface area contributed by atoms with Gasteiger partial charge in [-0.1, -0.05) is 30.3 Å². The lowest BCUT2D eigenvalue weighted by Crippen LogP contribution is -2.32. The Morgan fingerprint density at radius 1 is 1.17 bits per heavy atom. The topological polar surface area (TPSA) is 50.8 Å². The molecule has 1 unspecified atom stereocenters. The molecule has 3 rings (SSSR count). The van der Waals surface area contributed by atoms with Crippen LogP contribution in [0.1, 0.15) is 5.56 Å². The van der Waals surface area contributed by atoms with Crippen molar-refractivity contribution in [3.63, 3.8) is 0 Å². The number of hydrogen-bond donors (Lipinski definition) is 1. The molecule has 0 aliphatic carbocycles. The van der Waals surface area contributed by atoms with Gasteiger partial charge in [0.2, 0.25) is 0 Å². The van der Waals surface area contributed by atoms with Gasteiger partial charge in [0.15, 0.2) is 0 Å². The summed E-state index contributed by atoms with van der Waals surface area (Å²) in [5, 5.41) is 0. The molecule has 0 saturated heterocycles. The average molecular weight is 317 g/mol. The first-order chi connectivity index (χ1) is 11.1. The third-order valence-electron chi connectivity index (χ3n) is 3.63. The molecule has 1 atom stereocenters. The maximum atomic E-state index is 14.2. The van der Waals surface area contributed by atoms with Crippen molar-refractivity contribution in [3.05, 3.63) is 65.7 Å².